The molecular weight excluding hydrogens is 256 g/mol. The minimum Gasteiger partial charge on any atom is -0.383 e. The van der Waals surface area contributed by atoms with E-state index in [4.69, 9.17) is 10.5 Å². The van der Waals surface area contributed by atoms with E-state index in [0.717, 1.165) is 38.5 Å². The number of ether oxygens (including phenoxy) is 1. The number of hydrogen-bond donors (Lipinski definition) is 1. The van der Waals surface area contributed by atoms with Crippen molar-refractivity contribution in [2.75, 3.05) is 44.8 Å². The summed E-state index contributed by atoms with van der Waals surface area (Å²) in [4.78, 5) is 20.1. The van der Waals surface area contributed by atoms with Crippen LogP contribution < -0.4 is 10.6 Å². The van der Waals surface area contributed by atoms with E-state index in [-0.39, 0.29) is 0 Å². The summed E-state index contributed by atoms with van der Waals surface area (Å²) in [7, 11) is 1.72. The van der Waals surface area contributed by atoms with Crippen molar-refractivity contribution < 1.29 is 9.53 Å². The monoisotopic (exact) mass is 278 g/mol. The Bertz CT molecular complexity index is 466. The van der Waals surface area contributed by atoms with Crippen LogP contribution >= 0.6 is 0 Å². The number of carbonyl (C=O) groups is 1. The highest BCUT2D eigenvalue weighted by Crippen LogP contribution is 2.22. The van der Waals surface area contributed by atoms with Gasteiger partial charge in [0.05, 0.1) is 17.9 Å². The van der Waals surface area contributed by atoms with Gasteiger partial charge in [-0.05, 0) is 13.0 Å². The number of hydrogen-bond acceptors (Lipinski definition) is 5. The first-order valence-electron chi connectivity index (χ1n) is 6.85. The molecule has 1 aliphatic heterocycles. The lowest BCUT2D eigenvalue weighted by atomic mass is 10.1. The molecule has 0 bridgehead atoms. The first-order valence-corrected chi connectivity index (χ1v) is 6.85. The molecule has 0 aliphatic carbocycles. The average molecular weight is 278 g/mol. The summed E-state index contributed by atoms with van der Waals surface area (Å²) in [6.45, 7) is 6.56. The van der Waals surface area contributed by atoms with Gasteiger partial charge >= 0.3 is 0 Å². The van der Waals surface area contributed by atoms with Crippen molar-refractivity contribution in [3.63, 3.8) is 0 Å². The molecule has 1 atom stereocenters. The Morgan fingerprint density at radius 3 is 3.00 bits per heavy atom. The van der Waals surface area contributed by atoms with Crippen molar-refractivity contribution in [2.45, 2.75) is 13.0 Å². The highest BCUT2D eigenvalue weighted by atomic mass is 16.5. The maximum absolute atomic E-state index is 11.5. The Kier molecular flexibility index (Phi) is 4.92. The SMILES string of the molecule is COCCN1CCN(c2ccncc2C(N)=O)CC1C. The second kappa shape index (κ2) is 6.67. The number of primary amides is 1. The summed E-state index contributed by atoms with van der Waals surface area (Å²) in [5.74, 6) is -0.428. The number of rotatable bonds is 5. The average Bonchev–Trinajstić information content (AvgIpc) is 2.46. The van der Waals surface area contributed by atoms with E-state index in [1.165, 1.54) is 0 Å². The number of anilines is 1. The van der Waals surface area contributed by atoms with Crippen molar-refractivity contribution in [3.8, 4) is 0 Å². The van der Waals surface area contributed by atoms with Gasteiger partial charge in [0.2, 0.25) is 0 Å². The number of aromatic nitrogens is 1. The minimum atomic E-state index is -0.428. The van der Waals surface area contributed by atoms with E-state index in [0.29, 0.717) is 11.6 Å². The molecule has 110 valence electrons. The Hall–Kier alpha value is -1.66. The molecule has 1 amide bonds. The van der Waals surface area contributed by atoms with Crippen LogP contribution in [0.3, 0.4) is 0 Å². The summed E-state index contributed by atoms with van der Waals surface area (Å²) >= 11 is 0. The molecule has 2 heterocycles. The third kappa shape index (κ3) is 3.26. The third-order valence-corrected chi connectivity index (χ3v) is 3.75. The Labute approximate surface area is 119 Å². The molecule has 2 rings (SSSR count). The Balaban J connectivity index is 2.08. The molecule has 6 nitrogen and oxygen atoms in total. The number of amides is 1. The largest absolute Gasteiger partial charge is 0.383 e. The number of piperazine rings is 1. The molecule has 0 saturated carbocycles. The summed E-state index contributed by atoms with van der Waals surface area (Å²) in [6.07, 6.45) is 3.24. The summed E-state index contributed by atoms with van der Waals surface area (Å²) in [5, 5.41) is 0. The van der Waals surface area contributed by atoms with Gasteiger partial charge in [0.1, 0.15) is 0 Å². The number of methoxy groups -OCH3 is 1. The fourth-order valence-electron chi connectivity index (χ4n) is 2.61. The smallest absolute Gasteiger partial charge is 0.252 e. The van der Waals surface area contributed by atoms with E-state index < -0.39 is 5.91 Å². The van der Waals surface area contributed by atoms with Gasteiger partial charge in [-0.1, -0.05) is 0 Å². The van der Waals surface area contributed by atoms with Crippen LogP contribution in [0.15, 0.2) is 18.5 Å². The van der Waals surface area contributed by atoms with Gasteiger partial charge in [-0.2, -0.15) is 0 Å². The fraction of sp³-hybridized carbons (Fsp3) is 0.571. The predicted octanol–water partition coefficient (Wildman–Crippen LogP) is 0.337. The van der Waals surface area contributed by atoms with Crippen LogP contribution in [-0.4, -0.2) is 61.7 Å². The van der Waals surface area contributed by atoms with Crippen LogP contribution in [-0.2, 0) is 4.74 Å². The van der Waals surface area contributed by atoms with Crippen LogP contribution in [0, 0.1) is 0 Å². The van der Waals surface area contributed by atoms with Gasteiger partial charge < -0.3 is 15.4 Å². The molecule has 1 aliphatic rings. The van der Waals surface area contributed by atoms with E-state index >= 15 is 0 Å². The zero-order valence-corrected chi connectivity index (χ0v) is 12.1. The molecule has 1 aromatic rings. The summed E-state index contributed by atoms with van der Waals surface area (Å²) < 4.78 is 5.13. The van der Waals surface area contributed by atoms with E-state index in [1.54, 1.807) is 19.5 Å². The maximum atomic E-state index is 11.5. The topological polar surface area (TPSA) is 71.7 Å². The third-order valence-electron chi connectivity index (χ3n) is 3.75. The lowest BCUT2D eigenvalue weighted by molar-refractivity contribution is 0.0999. The molecule has 0 aromatic carbocycles. The van der Waals surface area contributed by atoms with Gasteiger partial charge in [-0.15, -0.1) is 0 Å². The first-order chi connectivity index (χ1) is 9.63. The fourth-order valence-corrected chi connectivity index (χ4v) is 2.61. The second-order valence-corrected chi connectivity index (χ2v) is 5.08. The van der Waals surface area contributed by atoms with Crippen molar-refractivity contribution in [1.82, 2.24) is 9.88 Å². The Morgan fingerprint density at radius 2 is 2.35 bits per heavy atom. The molecule has 2 N–H and O–H groups in total. The number of nitrogens with zero attached hydrogens (tertiary/aromatic N) is 3. The van der Waals surface area contributed by atoms with Gasteiger partial charge in [0.25, 0.3) is 5.91 Å². The lowest BCUT2D eigenvalue weighted by Gasteiger charge is -2.41. The quantitative estimate of drug-likeness (QED) is 0.841. The molecule has 20 heavy (non-hydrogen) atoms. The highest BCUT2D eigenvalue weighted by Gasteiger charge is 2.25. The van der Waals surface area contributed by atoms with Gasteiger partial charge in [-0.25, -0.2) is 0 Å². The van der Waals surface area contributed by atoms with Crippen LogP contribution in [0.2, 0.25) is 0 Å². The first kappa shape index (κ1) is 14.7. The van der Waals surface area contributed by atoms with Gasteiger partial charge in [-0.3, -0.25) is 14.7 Å². The normalized spacial score (nSPS) is 20.1. The number of nitrogens with two attached hydrogens (primary N) is 1. The van der Waals surface area contributed by atoms with Gasteiger partial charge in [0, 0.05) is 51.7 Å². The zero-order chi connectivity index (χ0) is 14.5. The minimum absolute atomic E-state index is 0.410. The molecule has 0 radical (unpaired) electrons. The molecule has 6 heteroatoms. The molecule has 0 spiro atoms. The molecule has 1 saturated heterocycles. The van der Waals surface area contributed by atoms with Crippen molar-refractivity contribution in [1.29, 1.82) is 0 Å². The van der Waals surface area contributed by atoms with Crippen molar-refractivity contribution in [3.05, 3.63) is 24.0 Å². The lowest BCUT2D eigenvalue weighted by Crippen LogP contribution is -2.53. The molecule has 1 aromatic heterocycles. The van der Waals surface area contributed by atoms with Crippen LogP contribution in [0.25, 0.3) is 0 Å². The molecular formula is C14H22N4O2. The molecule has 1 unspecified atom stereocenters. The number of carbonyl (C=O) groups excluding carboxylic acids is 1. The van der Waals surface area contributed by atoms with E-state index in [9.17, 15) is 4.79 Å². The van der Waals surface area contributed by atoms with Gasteiger partial charge in [0.15, 0.2) is 0 Å². The summed E-state index contributed by atoms with van der Waals surface area (Å²) in [5.41, 5.74) is 6.79. The predicted molar refractivity (Wildman–Crippen MR) is 77.9 cm³/mol. The van der Waals surface area contributed by atoms with Crippen molar-refractivity contribution in [2.24, 2.45) is 5.73 Å². The van der Waals surface area contributed by atoms with Crippen LogP contribution in [0.5, 0.6) is 0 Å². The Morgan fingerprint density at radius 1 is 1.55 bits per heavy atom. The van der Waals surface area contributed by atoms with Crippen LogP contribution in [0.4, 0.5) is 5.69 Å². The van der Waals surface area contributed by atoms with Crippen molar-refractivity contribution >= 4 is 11.6 Å². The standard InChI is InChI=1S/C14H22N4O2/c1-11-10-18(6-5-17(11)7-8-20-2)13-3-4-16-9-12(13)14(15)19/h3-4,9,11H,5-8,10H2,1-2H3,(H2,15,19). The highest BCUT2D eigenvalue weighted by molar-refractivity contribution is 5.98. The zero-order valence-electron chi connectivity index (χ0n) is 12.1. The second-order valence-electron chi connectivity index (χ2n) is 5.08. The molecule has 1 fully saturated rings. The van der Waals surface area contributed by atoms with E-state index in [2.05, 4.69) is 21.7 Å². The summed E-state index contributed by atoms with van der Waals surface area (Å²) in [6, 6.07) is 2.27. The maximum Gasteiger partial charge on any atom is 0.252 e. The van der Waals surface area contributed by atoms with E-state index in [1.807, 2.05) is 6.07 Å². The van der Waals surface area contributed by atoms with Crippen LogP contribution in [0.1, 0.15) is 17.3 Å². The number of pyridine rings is 1.